The number of nitrogens with zero attached hydrogens (tertiary/aromatic N) is 2. The van der Waals surface area contributed by atoms with Crippen LogP contribution in [0.15, 0.2) is 12.5 Å². The third-order valence-electron chi connectivity index (χ3n) is 4.14. The van der Waals surface area contributed by atoms with Crippen LogP contribution in [0.25, 0.3) is 0 Å². The standard InChI is InChI=1S/C13H21N3/c1-2-4-12(3-1)13-8-15-10-16(13)9-11-5-6-14-7-11/h8,10-12,14H,1-7,9H2. The lowest BCUT2D eigenvalue weighted by Gasteiger charge is -2.16. The topological polar surface area (TPSA) is 29.9 Å². The second kappa shape index (κ2) is 4.58. The van der Waals surface area contributed by atoms with E-state index in [1.807, 2.05) is 6.33 Å². The smallest absolute Gasteiger partial charge is 0.0948 e. The molecule has 3 heteroatoms. The van der Waals surface area contributed by atoms with Gasteiger partial charge in [-0.1, -0.05) is 12.8 Å². The van der Waals surface area contributed by atoms with Crippen molar-refractivity contribution >= 4 is 0 Å². The normalized spacial score (nSPS) is 26.6. The highest BCUT2D eigenvalue weighted by atomic mass is 15.1. The molecule has 1 aliphatic heterocycles. The van der Waals surface area contributed by atoms with Gasteiger partial charge in [-0.3, -0.25) is 0 Å². The molecule has 1 aromatic rings. The molecule has 3 nitrogen and oxygen atoms in total. The summed E-state index contributed by atoms with van der Waals surface area (Å²) in [7, 11) is 0. The molecule has 88 valence electrons. The van der Waals surface area contributed by atoms with Crippen LogP contribution in [0.3, 0.4) is 0 Å². The zero-order valence-electron chi connectivity index (χ0n) is 9.86. The summed E-state index contributed by atoms with van der Waals surface area (Å²) in [6.07, 6.45) is 11.0. The first-order valence-electron chi connectivity index (χ1n) is 6.64. The molecule has 2 heterocycles. The highest BCUT2D eigenvalue weighted by Crippen LogP contribution is 2.34. The van der Waals surface area contributed by atoms with Gasteiger partial charge >= 0.3 is 0 Å². The number of rotatable bonds is 3. The number of aromatic nitrogens is 2. The molecule has 1 aromatic heterocycles. The third kappa shape index (κ3) is 2.01. The monoisotopic (exact) mass is 219 g/mol. The molecule has 0 spiro atoms. The fourth-order valence-corrected chi connectivity index (χ4v) is 3.19. The Hall–Kier alpha value is -0.830. The molecular weight excluding hydrogens is 198 g/mol. The van der Waals surface area contributed by atoms with Crippen LogP contribution in [0, 0.1) is 5.92 Å². The molecule has 0 radical (unpaired) electrons. The van der Waals surface area contributed by atoms with E-state index in [9.17, 15) is 0 Å². The first-order valence-corrected chi connectivity index (χ1v) is 6.64. The highest BCUT2D eigenvalue weighted by molar-refractivity contribution is 5.08. The fraction of sp³-hybridized carbons (Fsp3) is 0.769. The summed E-state index contributed by atoms with van der Waals surface area (Å²) in [6, 6.07) is 0. The predicted molar refractivity (Wildman–Crippen MR) is 64.4 cm³/mol. The average molecular weight is 219 g/mol. The first kappa shape index (κ1) is 10.3. The fourth-order valence-electron chi connectivity index (χ4n) is 3.19. The Kier molecular flexibility index (Phi) is 2.96. The van der Waals surface area contributed by atoms with Crippen molar-refractivity contribution in [3.05, 3.63) is 18.2 Å². The summed E-state index contributed by atoms with van der Waals surface area (Å²) in [5.74, 6) is 1.60. The first-order chi connectivity index (χ1) is 7.93. The maximum Gasteiger partial charge on any atom is 0.0948 e. The maximum atomic E-state index is 4.35. The molecule has 3 rings (SSSR count). The van der Waals surface area contributed by atoms with Crippen LogP contribution < -0.4 is 5.32 Å². The van der Waals surface area contributed by atoms with Crippen molar-refractivity contribution in [2.75, 3.05) is 13.1 Å². The van der Waals surface area contributed by atoms with Crippen molar-refractivity contribution in [3.63, 3.8) is 0 Å². The van der Waals surface area contributed by atoms with Crippen molar-refractivity contribution in [1.82, 2.24) is 14.9 Å². The van der Waals surface area contributed by atoms with E-state index in [0.717, 1.165) is 11.8 Å². The Morgan fingerprint density at radius 3 is 2.94 bits per heavy atom. The molecule has 0 aromatic carbocycles. The summed E-state index contributed by atoms with van der Waals surface area (Å²) in [5, 5.41) is 3.44. The van der Waals surface area contributed by atoms with Crippen LogP contribution in [0.1, 0.15) is 43.7 Å². The molecule has 0 bridgehead atoms. The summed E-state index contributed by atoms with van der Waals surface area (Å²) in [6.45, 7) is 3.54. The van der Waals surface area contributed by atoms with Gasteiger partial charge in [0.15, 0.2) is 0 Å². The minimum atomic E-state index is 0.789. The van der Waals surface area contributed by atoms with Crippen molar-refractivity contribution in [2.45, 2.75) is 44.6 Å². The van der Waals surface area contributed by atoms with Crippen molar-refractivity contribution in [3.8, 4) is 0 Å². The van der Waals surface area contributed by atoms with Gasteiger partial charge in [-0.25, -0.2) is 4.98 Å². The number of nitrogens with one attached hydrogen (secondary N) is 1. The Labute approximate surface area is 97.3 Å². The lowest BCUT2D eigenvalue weighted by atomic mass is 10.0. The number of hydrogen-bond donors (Lipinski definition) is 1. The molecule has 1 saturated heterocycles. The van der Waals surface area contributed by atoms with Gasteiger partial charge in [0.2, 0.25) is 0 Å². The minimum Gasteiger partial charge on any atom is -0.334 e. The van der Waals surface area contributed by atoms with Gasteiger partial charge < -0.3 is 9.88 Å². The van der Waals surface area contributed by atoms with E-state index in [2.05, 4.69) is 21.1 Å². The van der Waals surface area contributed by atoms with Crippen molar-refractivity contribution < 1.29 is 0 Å². The van der Waals surface area contributed by atoms with Crippen LogP contribution in [0.4, 0.5) is 0 Å². The Balaban J connectivity index is 1.71. The molecule has 1 atom stereocenters. The lowest BCUT2D eigenvalue weighted by Crippen LogP contribution is -2.16. The van der Waals surface area contributed by atoms with E-state index < -0.39 is 0 Å². The number of hydrogen-bond acceptors (Lipinski definition) is 2. The largest absolute Gasteiger partial charge is 0.334 e. The summed E-state index contributed by atoms with van der Waals surface area (Å²) >= 11 is 0. The third-order valence-corrected chi connectivity index (χ3v) is 4.14. The predicted octanol–water partition coefficient (Wildman–Crippen LogP) is 2.15. The van der Waals surface area contributed by atoms with Gasteiger partial charge in [0.25, 0.3) is 0 Å². The Bertz CT molecular complexity index is 333. The molecule has 16 heavy (non-hydrogen) atoms. The SMILES string of the molecule is c1ncn(CC2CCNC2)c1C1CCCC1. The van der Waals surface area contributed by atoms with Crippen LogP contribution in [-0.2, 0) is 6.54 Å². The molecule has 1 N–H and O–H groups in total. The minimum absolute atomic E-state index is 0.789. The summed E-state index contributed by atoms with van der Waals surface area (Å²) < 4.78 is 2.41. The highest BCUT2D eigenvalue weighted by Gasteiger charge is 2.22. The quantitative estimate of drug-likeness (QED) is 0.844. The molecule has 0 amide bonds. The van der Waals surface area contributed by atoms with E-state index in [4.69, 9.17) is 0 Å². The van der Waals surface area contributed by atoms with Gasteiger partial charge in [0.1, 0.15) is 0 Å². The molecule has 2 fully saturated rings. The van der Waals surface area contributed by atoms with Crippen molar-refractivity contribution in [2.24, 2.45) is 5.92 Å². The second-order valence-corrected chi connectivity index (χ2v) is 5.31. The summed E-state index contributed by atoms with van der Waals surface area (Å²) in [5.41, 5.74) is 1.49. The van der Waals surface area contributed by atoms with Crippen molar-refractivity contribution in [1.29, 1.82) is 0 Å². The Morgan fingerprint density at radius 1 is 1.31 bits per heavy atom. The second-order valence-electron chi connectivity index (χ2n) is 5.31. The zero-order valence-corrected chi connectivity index (χ0v) is 9.86. The summed E-state index contributed by atoms with van der Waals surface area (Å²) in [4.78, 5) is 4.35. The zero-order chi connectivity index (χ0) is 10.8. The van der Waals surface area contributed by atoms with Gasteiger partial charge in [0, 0.05) is 24.4 Å². The van der Waals surface area contributed by atoms with Gasteiger partial charge in [0.05, 0.1) is 6.33 Å². The molecule has 1 unspecified atom stereocenters. The van der Waals surface area contributed by atoms with Crippen LogP contribution in [0.5, 0.6) is 0 Å². The molecule has 1 saturated carbocycles. The van der Waals surface area contributed by atoms with E-state index in [1.165, 1.54) is 57.4 Å². The van der Waals surface area contributed by atoms with Crippen LogP contribution in [-0.4, -0.2) is 22.6 Å². The van der Waals surface area contributed by atoms with E-state index in [-0.39, 0.29) is 0 Å². The van der Waals surface area contributed by atoms with E-state index in [1.54, 1.807) is 0 Å². The van der Waals surface area contributed by atoms with Gasteiger partial charge in [-0.15, -0.1) is 0 Å². The maximum absolute atomic E-state index is 4.35. The van der Waals surface area contributed by atoms with Gasteiger partial charge in [-0.2, -0.15) is 0 Å². The lowest BCUT2D eigenvalue weighted by molar-refractivity contribution is 0.460. The van der Waals surface area contributed by atoms with E-state index in [0.29, 0.717) is 0 Å². The van der Waals surface area contributed by atoms with E-state index >= 15 is 0 Å². The van der Waals surface area contributed by atoms with Crippen LogP contribution in [0.2, 0.25) is 0 Å². The van der Waals surface area contributed by atoms with Gasteiger partial charge in [-0.05, 0) is 38.3 Å². The van der Waals surface area contributed by atoms with Crippen LogP contribution >= 0.6 is 0 Å². The Morgan fingerprint density at radius 2 is 2.19 bits per heavy atom. The molecule has 2 aliphatic rings. The molecule has 1 aliphatic carbocycles. The molecular formula is C13H21N3. The number of imidazole rings is 1. The average Bonchev–Trinajstić information content (AvgIpc) is 2.98.